The van der Waals surface area contributed by atoms with Gasteiger partial charge in [-0.05, 0) is 31.2 Å². The molecule has 0 aliphatic carbocycles. The molecule has 0 aliphatic heterocycles. The Hall–Kier alpha value is -1.74. The van der Waals surface area contributed by atoms with Crippen LogP contribution < -0.4 is 5.32 Å². The van der Waals surface area contributed by atoms with Crippen molar-refractivity contribution < 1.29 is 4.79 Å². The van der Waals surface area contributed by atoms with E-state index in [1.54, 1.807) is 18.8 Å². The van der Waals surface area contributed by atoms with Gasteiger partial charge in [-0.3, -0.25) is 4.79 Å². The summed E-state index contributed by atoms with van der Waals surface area (Å²) in [6.07, 6.45) is 0. The van der Waals surface area contributed by atoms with Crippen LogP contribution in [-0.4, -0.2) is 13.0 Å². The summed E-state index contributed by atoms with van der Waals surface area (Å²) in [7, 11) is 1.65. The fraction of sp³-hybridized carbons (Fsp3) is 0.133. The monoisotopic (exact) mass is 257 g/mol. The predicted molar refractivity (Wildman–Crippen MR) is 75.1 cm³/mol. The van der Waals surface area contributed by atoms with Gasteiger partial charge in [0.05, 0.1) is 5.56 Å². The largest absolute Gasteiger partial charge is 0.355 e. The number of nitrogens with one attached hydrogen (secondary N) is 1. The normalized spacial score (nSPS) is 10.1. The second-order valence-electron chi connectivity index (χ2n) is 3.99. The fourth-order valence-corrected chi connectivity index (χ4v) is 2.55. The molecule has 0 heterocycles. The third kappa shape index (κ3) is 2.93. The first-order valence-corrected chi connectivity index (χ1v) is 6.58. The minimum absolute atomic E-state index is 0.0507. The SMILES string of the molecule is CNC(=O)c1ccccc1Sc1ccc(C)cc1. The molecule has 0 unspecified atom stereocenters. The van der Waals surface area contributed by atoms with Crippen LogP contribution in [-0.2, 0) is 0 Å². The summed E-state index contributed by atoms with van der Waals surface area (Å²) in [5.41, 5.74) is 1.95. The summed E-state index contributed by atoms with van der Waals surface area (Å²) in [5.74, 6) is -0.0507. The topological polar surface area (TPSA) is 29.1 Å². The van der Waals surface area contributed by atoms with Crippen LogP contribution in [0.15, 0.2) is 58.3 Å². The second-order valence-corrected chi connectivity index (χ2v) is 5.11. The molecule has 0 fully saturated rings. The average Bonchev–Trinajstić information content (AvgIpc) is 2.41. The van der Waals surface area contributed by atoms with Crippen molar-refractivity contribution in [2.24, 2.45) is 0 Å². The maximum Gasteiger partial charge on any atom is 0.252 e. The molecule has 0 atom stereocenters. The Kier molecular flexibility index (Phi) is 4.05. The summed E-state index contributed by atoms with van der Waals surface area (Å²) in [4.78, 5) is 13.9. The van der Waals surface area contributed by atoms with Gasteiger partial charge in [0, 0.05) is 16.8 Å². The van der Waals surface area contributed by atoms with Gasteiger partial charge in [-0.15, -0.1) is 0 Å². The Labute approximate surface area is 111 Å². The van der Waals surface area contributed by atoms with E-state index in [1.807, 2.05) is 24.3 Å². The maximum atomic E-state index is 11.8. The quantitative estimate of drug-likeness (QED) is 0.911. The van der Waals surface area contributed by atoms with E-state index in [9.17, 15) is 4.79 Å². The van der Waals surface area contributed by atoms with E-state index in [4.69, 9.17) is 0 Å². The van der Waals surface area contributed by atoms with Crippen LogP contribution in [0.2, 0.25) is 0 Å². The van der Waals surface area contributed by atoms with E-state index in [2.05, 4.69) is 36.5 Å². The standard InChI is InChI=1S/C15H15NOS/c1-11-7-9-12(10-8-11)18-14-6-4-3-5-13(14)15(17)16-2/h3-10H,1-2H3,(H,16,17). The first-order valence-electron chi connectivity index (χ1n) is 5.76. The summed E-state index contributed by atoms with van der Waals surface area (Å²) >= 11 is 1.61. The highest BCUT2D eigenvalue weighted by molar-refractivity contribution is 7.99. The van der Waals surface area contributed by atoms with Crippen LogP contribution >= 0.6 is 11.8 Å². The number of benzene rings is 2. The van der Waals surface area contributed by atoms with Crippen LogP contribution in [0, 0.1) is 6.92 Å². The number of carbonyl (C=O) groups is 1. The molecule has 0 spiro atoms. The molecule has 0 aromatic heterocycles. The number of hydrogen-bond donors (Lipinski definition) is 1. The molecule has 0 saturated carbocycles. The fourth-order valence-electron chi connectivity index (χ4n) is 1.61. The molecule has 0 saturated heterocycles. The van der Waals surface area contributed by atoms with E-state index < -0.39 is 0 Å². The Balaban J connectivity index is 2.28. The lowest BCUT2D eigenvalue weighted by atomic mass is 10.2. The Morgan fingerprint density at radius 1 is 1.06 bits per heavy atom. The van der Waals surface area contributed by atoms with E-state index in [-0.39, 0.29) is 5.91 Å². The van der Waals surface area contributed by atoms with Crippen LogP contribution in [0.4, 0.5) is 0 Å². The van der Waals surface area contributed by atoms with Gasteiger partial charge in [0.25, 0.3) is 5.91 Å². The van der Waals surface area contributed by atoms with Crippen molar-refractivity contribution in [3.63, 3.8) is 0 Å². The summed E-state index contributed by atoms with van der Waals surface area (Å²) in [6, 6.07) is 15.9. The zero-order chi connectivity index (χ0) is 13.0. The molecule has 1 amide bonds. The molecule has 2 nitrogen and oxygen atoms in total. The smallest absolute Gasteiger partial charge is 0.252 e. The van der Waals surface area contributed by atoms with Crippen LogP contribution in [0.1, 0.15) is 15.9 Å². The molecule has 18 heavy (non-hydrogen) atoms. The van der Waals surface area contributed by atoms with E-state index in [0.717, 1.165) is 9.79 Å². The molecule has 3 heteroatoms. The van der Waals surface area contributed by atoms with E-state index >= 15 is 0 Å². The van der Waals surface area contributed by atoms with Gasteiger partial charge in [-0.1, -0.05) is 41.6 Å². The number of aryl methyl sites for hydroxylation is 1. The zero-order valence-corrected chi connectivity index (χ0v) is 11.3. The molecule has 2 aromatic rings. The summed E-state index contributed by atoms with van der Waals surface area (Å²) < 4.78 is 0. The van der Waals surface area contributed by atoms with Crippen molar-refractivity contribution in [2.45, 2.75) is 16.7 Å². The molecule has 2 aromatic carbocycles. The third-order valence-corrected chi connectivity index (χ3v) is 3.69. The lowest BCUT2D eigenvalue weighted by Gasteiger charge is -2.07. The van der Waals surface area contributed by atoms with Gasteiger partial charge < -0.3 is 5.32 Å². The van der Waals surface area contributed by atoms with Gasteiger partial charge in [-0.25, -0.2) is 0 Å². The molecule has 2 rings (SSSR count). The van der Waals surface area contributed by atoms with Crippen molar-refractivity contribution in [1.82, 2.24) is 5.32 Å². The molecule has 0 bridgehead atoms. The maximum absolute atomic E-state index is 11.8. The summed E-state index contributed by atoms with van der Waals surface area (Å²) in [6.45, 7) is 2.06. The van der Waals surface area contributed by atoms with Crippen molar-refractivity contribution in [1.29, 1.82) is 0 Å². The molecular formula is C15H15NOS. The number of hydrogen-bond acceptors (Lipinski definition) is 2. The van der Waals surface area contributed by atoms with Crippen LogP contribution in [0.3, 0.4) is 0 Å². The second kappa shape index (κ2) is 5.74. The Morgan fingerprint density at radius 2 is 1.72 bits per heavy atom. The molecule has 0 radical (unpaired) electrons. The first kappa shape index (κ1) is 12.7. The molecular weight excluding hydrogens is 242 g/mol. The van der Waals surface area contributed by atoms with Crippen LogP contribution in [0.25, 0.3) is 0 Å². The third-order valence-electron chi connectivity index (χ3n) is 2.61. The van der Waals surface area contributed by atoms with E-state index in [0.29, 0.717) is 5.56 Å². The van der Waals surface area contributed by atoms with Gasteiger partial charge in [0.15, 0.2) is 0 Å². The molecule has 0 aliphatic rings. The Bertz CT molecular complexity index is 549. The van der Waals surface area contributed by atoms with Gasteiger partial charge >= 0.3 is 0 Å². The number of carbonyl (C=O) groups excluding carboxylic acids is 1. The van der Waals surface area contributed by atoms with Crippen molar-refractivity contribution in [2.75, 3.05) is 7.05 Å². The van der Waals surface area contributed by atoms with Crippen molar-refractivity contribution in [3.8, 4) is 0 Å². The van der Waals surface area contributed by atoms with Crippen LogP contribution in [0.5, 0.6) is 0 Å². The first-order chi connectivity index (χ1) is 8.70. The Morgan fingerprint density at radius 3 is 2.39 bits per heavy atom. The predicted octanol–water partition coefficient (Wildman–Crippen LogP) is 3.51. The number of amides is 1. The highest BCUT2D eigenvalue weighted by Crippen LogP contribution is 2.30. The van der Waals surface area contributed by atoms with Gasteiger partial charge in [0.1, 0.15) is 0 Å². The van der Waals surface area contributed by atoms with Gasteiger partial charge in [-0.2, -0.15) is 0 Å². The zero-order valence-electron chi connectivity index (χ0n) is 10.4. The lowest BCUT2D eigenvalue weighted by molar-refractivity contribution is 0.0960. The molecule has 92 valence electrons. The minimum Gasteiger partial charge on any atom is -0.355 e. The number of rotatable bonds is 3. The highest BCUT2D eigenvalue weighted by Gasteiger charge is 2.09. The minimum atomic E-state index is -0.0507. The van der Waals surface area contributed by atoms with Gasteiger partial charge in [0.2, 0.25) is 0 Å². The highest BCUT2D eigenvalue weighted by atomic mass is 32.2. The van der Waals surface area contributed by atoms with Crippen molar-refractivity contribution in [3.05, 3.63) is 59.7 Å². The van der Waals surface area contributed by atoms with E-state index in [1.165, 1.54) is 5.56 Å². The van der Waals surface area contributed by atoms with Crippen molar-refractivity contribution >= 4 is 17.7 Å². The lowest BCUT2D eigenvalue weighted by Crippen LogP contribution is -2.18. The average molecular weight is 257 g/mol. The molecule has 1 N–H and O–H groups in total. The summed E-state index contributed by atoms with van der Waals surface area (Å²) in [5, 5.41) is 2.66.